The van der Waals surface area contributed by atoms with Crippen LogP contribution in [0.25, 0.3) is 0 Å². The van der Waals surface area contributed by atoms with Crippen LogP contribution in [0.2, 0.25) is 0 Å². The van der Waals surface area contributed by atoms with Crippen LogP contribution in [-0.4, -0.2) is 42.3 Å². The van der Waals surface area contributed by atoms with Crippen LogP contribution in [0.3, 0.4) is 0 Å². The molecule has 0 bridgehead atoms. The Morgan fingerprint density at radius 3 is 2.46 bits per heavy atom. The predicted molar refractivity (Wildman–Crippen MR) is 161 cm³/mol. The van der Waals surface area contributed by atoms with Crippen molar-refractivity contribution >= 4 is 18.0 Å². The molecule has 2 amide bonds. The Labute approximate surface area is 248 Å². The molecule has 7 heteroatoms. The number of carbonyl (C=O) groups is 3. The number of hydrogen-bond donors (Lipinski definition) is 3. The van der Waals surface area contributed by atoms with E-state index >= 15 is 0 Å². The maximum absolute atomic E-state index is 12.4. The van der Waals surface area contributed by atoms with Gasteiger partial charge in [-0.2, -0.15) is 0 Å². The van der Waals surface area contributed by atoms with Gasteiger partial charge < -0.3 is 20.5 Å². The van der Waals surface area contributed by atoms with Crippen LogP contribution >= 0.6 is 0 Å². The van der Waals surface area contributed by atoms with E-state index < -0.39 is 12.1 Å². The van der Waals surface area contributed by atoms with Crippen molar-refractivity contribution in [3.8, 4) is 0 Å². The summed E-state index contributed by atoms with van der Waals surface area (Å²) < 4.78 is 5.80. The fraction of sp³-hybridized carbons (Fsp3) is 0.853. The molecule has 0 aromatic carbocycles. The molecule has 0 aliphatic heterocycles. The number of allylic oxidation sites excluding steroid dienone is 1. The lowest BCUT2D eigenvalue weighted by Crippen LogP contribution is -2.51. The molecule has 0 spiro atoms. The summed E-state index contributed by atoms with van der Waals surface area (Å²) in [4.78, 5) is 34.6. The molecule has 41 heavy (non-hydrogen) atoms. The molecule has 4 aliphatic rings. The second-order valence-electron chi connectivity index (χ2n) is 14.7. The molecule has 4 aliphatic carbocycles. The molecular formula is C34H56N2O5. The van der Waals surface area contributed by atoms with Gasteiger partial charge in [-0.1, -0.05) is 65.5 Å². The number of fused-ring (bicyclic) bond motifs is 5. The third-order valence-electron chi connectivity index (χ3n) is 11.8. The summed E-state index contributed by atoms with van der Waals surface area (Å²) in [6.45, 7) is 12.9. The number of hydrogen-bond acceptors (Lipinski definition) is 4. The van der Waals surface area contributed by atoms with Gasteiger partial charge in [0.2, 0.25) is 5.91 Å². The first-order chi connectivity index (χ1) is 19.4. The fourth-order valence-electron chi connectivity index (χ4n) is 9.62. The fourth-order valence-corrected chi connectivity index (χ4v) is 9.62. The minimum atomic E-state index is -0.999. The minimum absolute atomic E-state index is 0.0598. The Balaban J connectivity index is 1.27. The summed E-state index contributed by atoms with van der Waals surface area (Å²) in [7, 11) is 0. The normalized spacial score (nSPS) is 35.0. The van der Waals surface area contributed by atoms with Crippen LogP contribution in [-0.2, 0) is 14.3 Å². The van der Waals surface area contributed by atoms with E-state index in [0.717, 1.165) is 54.8 Å². The SMILES string of the molecule is CC(C)CCCC(C)C1CCC2C3CC=C4CC(OC(=O)NCCNC(=O)CCC(=O)O)CCC4(C)C3CCC12C. The van der Waals surface area contributed by atoms with Crippen molar-refractivity contribution in [3.63, 3.8) is 0 Å². The first-order valence-corrected chi connectivity index (χ1v) is 16.6. The molecule has 0 aromatic rings. The van der Waals surface area contributed by atoms with E-state index in [1.54, 1.807) is 0 Å². The molecular weight excluding hydrogens is 516 g/mol. The second kappa shape index (κ2) is 13.5. The number of alkyl carbamates (subject to hydrolysis) is 1. The van der Waals surface area contributed by atoms with Crippen molar-refractivity contribution in [2.75, 3.05) is 13.1 Å². The molecule has 232 valence electrons. The standard InChI is InChI=1S/C34H56N2O5/c1-22(2)7-6-8-23(3)27-11-12-28-26-10-9-24-21-25(15-17-33(24,4)29(26)16-18-34(27,28)5)41-32(40)36-20-19-35-30(37)13-14-31(38)39/h9,22-23,25-29H,6-8,10-21H2,1-5H3,(H,35,37)(H,36,40)(H,38,39). The van der Waals surface area contributed by atoms with E-state index in [9.17, 15) is 14.4 Å². The number of aliphatic carboxylic acids is 1. The predicted octanol–water partition coefficient (Wildman–Crippen LogP) is 7.10. The Bertz CT molecular complexity index is 978. The van der Waals surface area contributed by atoms with Gasteiger partial charge in [-0.25, -0.2) is 4.79 Å². The first-order valence-electron chi connectivity index (χ1n) is 16.6. The molecule has 3 saturated carbocycles. The zero-order chi connectivity index (χ0) is 29.8. The Morgan fingerprint density at radius 1 is 0.976 bits per heavy atom. The number of rotatable bonds is 12. The zero-order valence-corrected chi connectivity index (χ0v) is 26.3. The van der Waals surface area contributed by atoms with Crippen LogP contribution in [0.4, 0.5) is 4.79 Å². The van der Waals surface area contributed by atoms with Crippen molar-refractivity contribution in [3.05, 3.63) is 11.6 Å². The topological polar surface area (TPSA) is 105 Å². The average molecular weight is 573 g/mol. The van der Waals surface area contributed by atoms with E-state index in [4.69, 9.17) is 9.84 Å². The van der Waals surface area contributed by atoms with Gasteiger partial charge in [0.05, 0.1) is 6.42 Å². The number of nitrogens with one attached hydrogen (secondary N) is 2. The molecule has 3 N–H and O–H groups in total. The third kappa shape index (κ3) is 7.30. The highest BCUT2D eigenvalue weighted by Gasteiger charge is 2.59. The molecule has 3 fully saturated rings. The van der Waals surface area contributed by atoms with Gasteiger partial charge in [0.15, 0.2) is 0 Å². The maximum atomic E-state index is 12.4. The average Bonchev–Trinajstić information content (AvgIpc) is 3.27. The molecule has 0 radical (unpaired) electrons. The van der Waals surface area contributed by atoms with Crippen LogP contribution in [0.1, 0.15) is 118 Å². The molecule has 0 aromatic heterocycles. The molecule has 7 nitrogen and oxygen atoms in total. The Hall–Kier alpha value is -2.05. The van der Waals surface area contributed by atoms with Crippen LogP contribution < -0.4 is 10.6 Å². The van der Waals surface area contributed by atoms with Gasteiger partial charge in [-0.05, 0) is 91.3 Å². The monoisotopic (exact) mass is 572 g/mol. The molecule has 4 rings (SSSR count). The lowest BCUT2D eigenvalue weighted by atomic mass is 9.47. The minimum Gasteiger partial charge on any atom is -0.481 e. The van der Waals surface area contributed by atoms with Crippen molar-refractivity contribution in [1.82, 2.24) is 10.6 Å². The van der Waals surface area contributed by atoms with E-state index in [2.05, 4.69) is 51.3 Å². The van der Waals surface area contributed by atoms with E-state index in [-0.39, 0.29) is 43.4 Å². The van der Waals surface area contributed by atoms with E-state index in [1.807, 2.05) is 0 Å². The lowest BCUT2D eigenvalue weighted by Gasteiger charge is -2.58. The lowest BCUT2D eigenvalue weighted by molar-refractivity contribution is -0.138. The summed E-state index contributed by atoms with van der Waals surface area (Å²) in [5.41, 5.74) is 2.23. The summed E-state index contributed by atoms with van der Waals surface area (Å²) in [6, 6.07) is 0. The summed E-state index contributed by atoms with van der Waals surface area (Å²) in [5.74, 6) is 3.57. The highest BCUT2D eigenvalue weighted by Crippen LogP contribution is 2.67. The number of carboxylic acids is 1. The summed E-state index contributed by atoms with van der Waals surface area (Å²) in [5, 5.41) is 14.0. The van der Waals surface area contributed by atoms with Gasteiger partial charge in [-0.15, -0.1) is 0 Å². The van der Waals surface area contributed by atoms with Crippen LogP contribution in [0, 0.1) is 46.3 Å². The maximum Gasteiger partial charge on any atom is 0.407 e. The Morgan fingerprint density at radius 2 is 1.73 bits per heavy atom. The van der Waals surface area contributed by atoms with Crippen LogP contribution in [0.15, 0.2) is 11.6 Å². The molecule has 0 heterocycles. The van der Waals surface area contributed by atoms with Crippen molar-refractivity contribution in [1.29, 1.82) is 0 Å². The molecule has 0 saturated heterocycles. The third-order valence-corrected chi connectivity index (χ3v) is 11.8. The van der Waals surface area contributed by atoms with Crippen molar-refractivity contribution < 1.29 is 24.2 Å². The number of ether oxygens (including phenoxy) is 1. The van der Waals surface area contributed by atoms with Crippen LogP contribution in [0.5, 0.6) is 0 Å². The van der Waals surface area contributed by atoms with E-state index in [0.29, 0.717) is 5.41 Å². The van der Waals surface area contributed by atoms with Gasteiger partial charge in [-0.3, -0.25) is 9.59 Å². The van der Waals surface area contributed by atoms with Gasteiger partial charge in [0.25, 0.3) is 0 Å². The number of carboxylic acid groups (broad SMARTS) is 1. The number of amides is 2. The molecule has 8 unspecified atom stereocenters. The quantitative estimate of drug-likeness (QED) is 0.171. The summed E-state index contributed by atoms with van der Waals surface area (Å²) in [6.07, 6.45) is 15.4. The highest BCUT2D eigenvalue weighted by molar-refractivity contribution is 5.80. The van der Waals surface area contributed by atoms with Gasteiger partial charge >= 0.3 is 12.1 Å². The van der Waals surface area contributed by atoms with E-state index in [1.165, 1.54) is 56.9 Å². The molecule has 8 atom stereocenters. The largest absolute Gasteiger partial charge is 0.481 e. The summed E-state index contributed by atoms with van der Waals surface area (Å²) >= 11 is 0. The van der Waals surface area contributed by atoms with Gasteiger partial charge in [0.1, 0.15) is 6.10 Å². The van der Waals surface area contributed by atoms with Crippen molar-refractivity contribution in [2.24, 2.45) is 46.3 Å². The smallest absolute Gasteiger partial charge is 0.407 e. The zero-order valence-electron chi connectivity index (χ0n) is 26.3. The number of carbonyl (C=O) groups excluding carboxylic acids is 2. The highest BCUT2D eigenvalue weighted by atomic mass is 16.6. The first kappa shape index (κ1) is 31.9. The Kier molecular flexibility index (Phi) is 10.5. The van der Waals surface area contributed by atoms with Crippen molar-refractivity contribution in [2.45, 2.75) is 124 Å². The second-order valence-corrected chi connectivity index (χ2v) is 14.7. The van der Waals surface area contributed by atoms with Gasteiger partial charge in [0, 0.05) is 25.9 Å².